The Kier molecular flexibility index (Phi) is 11.7. The lowest BCUT2D eigenvalue weighted by Crippen LogP contribution is -2.46. The summed E-state index contributed by atoms with van der Waals surface area (Å²) >= 11 is 0. The molecule has 0 aliphatic rings. The third kappa shape index (κ3) is 9.16. The van der Waals surface area contributed by atoms with Crippen LogP contribution in [0.25, 0.3) is 0 Å². The summed E-state index contributed by atoms with van der Waals surface area (Å²) < 4.78 is 0. The van der Waals surface area contributed by atoms with E-state index in [1.807, 2.05) is 6.92 Å². The molecule has 0 aromatic rings. The molecule has 0 aromatic heterocycles. The minimum Gasteiger partial charge on any atom is -0.394 e. The summed E-state index contributed by atoms with van der Waals surface area (Å²) in [7, 11) is 0. The Hall–Kier alpha value is -0.570. The smallest absolute Gasteiger partial charge is 0.151 e. The number of aliphatic hydroxyl groups is 5. The summed E-state index contributed by atoms with van der Waals surface area (Å²) in [6, 6.07) is 0.384. The molecule has 0 spiro atoms. The quantitative estimate of drug-likeness (QED) is 0.284. The SMILES string of the molecule is CCC(C)N.O=C[C@@H](O)[C@@H](O)[C@H](O)[C@H](O)CO. The number of carbonyl (C=O) groups is 1. The predicted molar refractivity (Wildman–Crippen MR) is 61.1 cm³/mol. The maximum Gasteiger partial charge on any atom is 0.151 e. The van der Waals surface area contributed by atoms with E-state index < -0.39 is 31.0 Å². The van der Waals surface area contributed by atoms with Gasteiger partial charge < -0.3 is 36.1 Å². The molecule has 0 bridgehead atoms. The van der Waals surface area contributed by atoms with Gasteiger partial charge in [0.15, 0.2) is 6.29 Å². The van der Waals surface area contributed by atoms with Crippen LogP contribution in [-0.4, -0.2) is 68.9 Å². The van der Waals surface area contributed by atoms with Crippen molar-refractivity contribution in [3.05, 3.63) is 0 Å². The van der Waals surface area contributed by atoms with Crippen molar-refractivity contribution < 1.29 is 30.3 Å². The number of hydrogen-bond acceptors (Lipinski definition) is 7. The van der Waals surface area contributed by atoms with Crippen LogP contribution in [-0.2, 0) is 4.79 Å². The lowest BCUT2D eigenvalue weighted by molar-refractivity contribution is -0.136. The van der Waals surface area contributed by atoms with Crippen LogP contribution in [0.4, 0.5) is 0 Å². The van der Waals surface area contributed by atoms with Crippen LogP contribution in [0.1, 0.15) is 20.3 Å². The highest BCUT2D eigenvalue weighted by atomic mass is 16.4. The van der Waals surface area contributed by atoms with E-state index in [9.17, 15) is 4.79 Å². The first-order chi connectivity index (χ1) is 7.81. The van der Waals surface area contributed by atoms with Crippen molar-refractivity contribution in [3.63, 3.8) is 0 Å². The fraction of sp³-hybridized carbons (Fsp3) is 0.900. The van der Waals surface area contributed by atoms with Crippen LogP contribution < -0.4 is 5.73 Å². The number of rotatable bonds is 6. The molecule has 7 heteroatoms. The number of carbonyl (C=O) groups excluding carboxylic acids is 1. The highest BCUT2D eigenvalue weighted by molar-refractivity contribution is 5.56. The highest BCUT2D eigenvalue weighted by Gasteiger charge is 2.29. The standard InChI is InChI=1S/C6H12O6.C4H11N/c7-1-3(9)5(11)6(12)4(10)2-8;1-3-4(2)5/h1,3-6,8-12H,2H2;4H,3,5H2,1-2H3/t3-,4-,5-,6-;/m1./s1. The summed E-state index contributed by atoms with van der Waals surface area (Å²) in [6.07, 6.45) is -5.76. The molecule has 7 nitrogen and oxygen atoms in total. The van der Waals surface area contributed by atoms with Gasteiger partial charge in [0.1, 0.15) is 24.4 Å². The molecule has 0 saturated heterocycles. The molecule has 5 atom stereocenters. The third-order valence-electron chi connectivity index (χ3n) is 2.06. The van der Waals surface area contributed by atoms with Crippen LogP contribution in [0.5, 0.6) is 0 Å². The van der Waals surface area contributed by atoms with E-state index in [4.69, 9.17) is 31.3 Å². The van der Waals surface area contributed by atoms with E-state index in [1.165, 1.54) is 0 Å². The van der Waals surface area contributed by atoms with Gasteiger partial charge in [0.05, 0.1) is 6.61 Å². The second kappa shape index (κ2) is 10.6. The van der Waals surface area contributed by atoms with E-state index in [0.29, 0.717) is 6.04 Å². The van der Waals surface area contributed by atoms with Gasteiger partial charge in [-0.05, 0) is 13.3 Å². The topological polar surface area (TPSA) is 144 Å². The Bertz CT molecular complexity index is 190. The zero-order valence-corrected chi connectivity index (χ0v) is 10.1. The average Bonchev–Trinajstić information content (AvgIpc) is 2.35. The summed E-state index contributed by atoms with van der Waals surface area (Å²) in [4.78, 5) is 9.90. The number of nitrogens with two attached hydrogens (primary N) is 1. The van der Waals surface area contributed by atoms with Gasteiger partial charge in [0.25, 0.3) is 0 Å². The van der Waals surface area contributed by atoms with Crippen molar-refractivity contribution in [3.8, 4) is 0 Å². The lowest BCUT2D eigenvalue weighted by atomic mass is 10.0. The lowest BCUT2D eigenvalue weighted by Gasteiger charge is -2.22. The molecule has 0 rings (SSSR count). The largest absolute Gasteiger partial charge is 0.394 e. The van der Waals surface area contributed by atoms with Crippen molar-refractivity contribution in [2.75, 3.05) is 6.61 Å². The second-order valence-electron chi connectivity index (χ2n) is 3.74. The number of hydrogen-bond donors (Lipinski definition) is 6. The summed E-state index contributed by atoms with van der Waals surface area (Å²) in [5.41, 5.74) is 5.29. The molecule has 7 N–H and O–H groups in total. The van der Waals surface area contributed by atoms with Crippen molar-refractivity contribution >= 4 is 6.29 Å². The molecule has 0 radical (unpaired) electrons. The van der Waals surface area contributed by atoms with Gasteiger partial charge in [0.2, 0.25) is 0 Å². The van der Waals surface area contributed by atoms with Crippen LogP contribution in [0, 0.1) is 0 Å². The van der Waals surface area contributed by atoms with E-state index >= 15 is 0 Å². The first-order valence-electron chi connectivity index (χ1n) is 5.35. The van der Waals surface area contributed by atoms with Gasteiger partial charge in [-0.2, -0.15) is 0 Å². The van der Waals surface area contributed by atoms with Gasteiger partial charge >= 0.3 is 0 Å². The first-order valence-corrected chi connectivity index (χ1v) is 5.35. The van der Waals surface area contributed by atoms with E-state index in [1.54, 1.807) is 0 Å². The maximum absolute atomic E-state index is 9.90. The molecule has 0 heterocycles. The van der Waals surface area contributed by atoms with Crippen LogP contribution in [0.2, 0.25) is 0 Å². The zero-order valence-electron chi connectivity index (χ0n) is 10.1. The Morgan fingerprint density at radius 3 is 1.82 bits per heavy atom. The van der Waals surface area contributed by atoms with Gasteiger partial charge in [-0.15, -0.1) is 0 Å². The minimum absolute atomic E-state index is 0.0258. The molecule has 0 aromatic carbocycles. The molecule has 104 valence electrons. The Labute approximate surface area is 101 Å². The van der Waals surface area contributed by atoms with Crippen LogP contribution in [0.15, 0.2) is 0 Å². The normalized spacial score (nSPS) is 19.3. The zero-order chi connectivity index (χ0) is 14.0. The first kappa shape index (κ1) is 18.8. The molecular weight excluding hydrogens is 230 g/mol. The maximum atomic E-state index is 9.90. The van der Waals surface area contributed by atoms with Gasteiger partial charge in [0, 0.05) is 6.04 Å². The van der Waals surface area contributed by atoms with Gasteiger partial charge in [-0.1, -0.05) is 6.92 Å². The predicted octanol–water partition coefficient (Wildman–Crippen LogP) is -2.64. The molecule has 0 aliphatic carbocycles. The van der Waals surface area contributed by atoms with E-state index in [2.05, 4.69) is 6.92 Å². The summed E-state index contributed by atoms with van der Waals surface area (Å²) in [5.74, 6) is 0. The van der Waals surface area contributed by atoms with E-state index in [-0.39, 0.29) is 6.29 Å². The monoisotopic (exact) mass is 253 g/mol. The molecule has 0 amide bonds. The number of aldehydes is 1. The van der Waals surface area contributed by atoms with Crippen molar-refractivity contribution in [1.82, 2.24) is 0 Å². The summed E-state index contributed by atoms with van der Waals surface area (Å²) in [6.45, 7) is 3.31. The average molecular weight is 253 g/mol. The number of aliphatic hydroxyl groups excluding tert-OH is 5. The van der Waals surface area contributed by atoms with Crippen molar-refractivity contribution in [2.24, 2.45) is 5.73 Å². The fourth-order valence-corrected chi connectivity index (χ4v) is 0.618. The molecule has 0 saturated carbocycles. The highest BCUT2D eigenvalue weighted by Crippen LogP contribution is 2.02. The molecule has 17 heavy (non-hydrogen) atoms. The van der Waals surface area contributed by atoms with E-state index in [0.717, 1.165) is 6.42 Å². The van der Waals surface area contributed by atoms with Gasteiger partial charge in [-0.25, -0.2) is 0 Å². The molecular formula is C10H23NO6. The van der Waals surface area contributed by atoms with Crippen molar-refractivity contribution in [2.45, 2.75) is 50.7 Å². The fourth-order valence-electron chi connectivity index (χ4n) is 0.618. The van der Waals surface area contributed by atoms with Crippen LogP contribution >= 0.6 is 0 Å². The third-order valence-corrected chi connectivity index (χ3v) is 2.06. The Morgan fingerprint density at radius 2 is 1.59 bits per heavy atom. The summed E-state index contributed by atoms with van der Waals surface area (Å²) in [5, 5.41) is 43.5. The Balaban J connectivity index is 0. The molecule has 1 unspecified atom stereocenters. The van der Waals surface area contributed by atoms with Gasteiger partial charge in [-0.3, -0.25) is 0 Å². The second-order valence-corrected chi connectivity index (χ2v) is 3.74. The molecule has 0 fully saturated rings. The molecule has 0 aliphatic heterocycles. The Morgan fingerprint density at radius 1 is 1.18 bits per heavy atom. The van der Waals surface area contributed by atoms with Crippen molar-refractivity contribution in [1.29, 1.82) is 0 Å². The minimum atomic E-state index is -1.79. The van der Waals surface area contributed by atoms with Crippen LogP contribution in [0.3, 0.4) is 0 Å².